The predicted octanol–water partition coefficient (Wildman–Crippen LogP) is 10.8. The van der Waals surface area contributed by atoms with E-state index in [1.165, 1.54) is 0 Å². The number of oxime groups is 1. The topological polar surface area (TPSA) is 129 Å². The van der Waals surface area contributed by atoms with Crippen molar-refractivity contribution < 1.29 is 43.5 Å². The normalized spacial score (nSPS) is 25.4. The summed E-state index contributed by atoms with van der Waals surface area (Å²) in [6.07, 6.45) is 11.4. The number of benzene rings is 4. The Bertz CT molecular complexity index is 2240. The number of hydrogen-bond acceptors (Lipinski definition) is 10. The fraction of sp³-hybridized carbons (Fsp3) is 0.472. The van der Waals surface area contributed by atoms with Gasteiger partial charge in [0, 0.05) is 44.1 Å². The number of unbranched alkanes of at least 4 members (excludes halogenated alkanes) is 2. The average Bonchev–Trinajstić information content (AvgIpc) is 3.33. The second-order valence-electron chi connectivity index (χ2n) is 17.5. The molecule has 1 unspecified atom stereocenters. The molecule has 11 heteroatoms. The Balaban J connectivity index is 1.29. The largest absolute Gasteiger partial charge is 0.459 e. The van der Waals surface area contributed by atoms with E-state index in [2.05, 4.69) is 43.0 Å². The molecule has 8 rings (SSSR count). The molecule has 64 heavy (non-hydrogen) atoms. The molecule has 1 amide bonds. The highest BCUT2D eigenvalue weighted by molar-refractivity contribution is 6.03. The van der Waals surface area contributed by atoms with Gasteiger partial charge in [-0.2, -0.15) is 0 Å². The van der Waals surface area contributed by atoms with Gasteiger partial charge in [-0.1, -0.05) is 97.7 Å². The standard InChI is InChI=1S/C53H64N2O9/c1-3-27-55(52(58)60-36-37-16-6-5-7-17-37)48-35-46(54-64-49-22-12-15-31-59-49)44-33-40(20-10-13-28-56)43(21-11-14-29-57)50-45-34-42(62-41-24-23-38-18-8-9-19-39(38)32-41)25-26-47(45)63-53(48,51(44)50)61-30-4-2/h4-9,16-19,23-26,32-34,40,43,48-51,56-57H,2-3,10-15,20-22,27-31,35-36H2,1H3/t40-,43+,48-,49?,50+,51+,53+/m0/s1. The lowest BCUT2D eigenvalue weighted by Gasteiger charge is -2.60. The Kier molecular flexibility index (Phi) is 15.4. The van der Waals surface area contributed by atoms with E-state index in [9.17, 15) is 15.0 Å². The van der Waals surface area contributed by atoms with E-state index in [1.54, 1.807) is 11.0 Å². The summed E-state index contributed by atoms with van der Waals surface area (Å²) in [4.78, 5) is 22.7. The quantitative estimate of drug-likeness (QED) is 0.0507. The lowest BCUT2D eigenvalue weighted by molar-refractivity contribution is -0.255. The van der Waals surface area contributed by atoms with Crippen molar-refractivity contribution in [3.63, 3.8) is 0 Å². The Morgan fingerprint density at radius 1 is 0.922 bits per heavy atom. The zero-order valence-corrected chi connectivity index (χ0v) is 37.2. The summed E-state index contributed by atoms with van der Waals surface area (Å²) < 4.78 is 33.4. The zero-order chi connectivity index (χ0) is 44.3. The maximum atomic E-state index is 14.6. The molecule has 2 heterocycles. The van der Waals surface area contributed by atoms with Crippen LogP contribution in [0.2, 0.25) is 0 Å². The molecule has 340 valence electrons. The summed E-state index contributed by atoms with van der Waals surface area (Å²) in [5, 5.41) is 27.2. The maximum absolute atomic E-state index is 14.6. The number of carbonyl (C=O) groups is 1. The Hall–Kier alpha value is -5.20. The number of ether oxygens (including phenoxy) is 5. The number of rotatable bonds is 20. The van der Waals surface area contributed by atoms with Crippen LogP contribution in [-0.4, -0.2) is 78.0 Å². The van der Waals surface area contributed by atoms with E-state index in [0.29, 0.717) is 43.9 Å². The highest BCUT2D eigenvalue weighted by Crippen LogP contribution is 2.62. The molecule has 0 bridgehead atoms. The van der Waals surface area contributed by atoms with Crippen LogP contribution in [0, 0.1) is 17.8 Å². The summed E-state index contributed by atoms with van der Waals surface area (Å²) in [6, 6.07) is 29.4. The van der Waals surface area contributed by atoms with Crippen LogP contribution in [-0.2, 0) is 25.7 Å². The third-order valence-electron chi connectivity index (χ3n) is 13.3. The second-order valence-corrected chi connectivity index (χ2v) is 17.5. The first-order valence-electron chi connectivity index (χ1n) is 23.5. The molecule has 11 nitrogen and oxygen atoms in total. The van der Waals surface area contributed by atoms with Gasteiger partial charge < -0.3 is 38.7 Å². The summed E-state index contributed by atoms with van der Waals surface area (Å²) >= 11 is 0. The Labute approximate surface area is 377 Å². The summed E-state index contributed by atoms with van der Waals surface area (Å²) in [6.45, 7) is 7.60. The number of nitrogens with zero attached hydrogens (tertiary/aromatic N) is 2. The van der Waals surface area contributed by atoms with Crippen LogP contribution in [0.4, 0.5) is 4.79 Å². The number of aliphatic hydroxyl groups is 2. The minimum Gasteiger partial charge on any atom is -0.459 e. The van der Waals surface area contributed by atoms with Gasteiger partial charge in [0.2, 0.25) is 12.1 Å². The van der Waals surface area contributed by atoms with Crippen molar-refractivity contribution in [2.45, 2.75) is 108 Å². The van der Waals surface area contributed by atoms with E-state index in [0.717, 1.165) is 83.9 Å². The van der Waals surface area contributed by atoms with Crippen molar-refractivity contribution >= 4 is 22.6 Å². The smallest absolute Gasteiger partial charge is 0.410 e. The van der Waals surface area contributed by atoms with Crippen LogP contribution in [0.5, 0.6) is 17.2 Å². The highest BCUT2D eigenvalue weighted by atomic mass is 16.8. The molecular formula is C53H64N2O9. The van der Waals surface area contributed by atoms with Gasteiger partial charge in [0.05, 0.1) is 24.8 Å². The molecule has 2 fully saturated rings. The molecule has 2 aliphatic carbocycles. The molecule has 2 N–H and O–H groups in total. The van der Waals surface area contributed by atoms with E-state index in [4.69, 9.17) is 33.7 Å². The first-order chi connectivity index (χ1) is 31.5. The van der Waals surface area contributed by atoms with Gasteiger partial charge in [-0.3, -0.25) is 4.90 Å². The van der Waals surface area contributed by atoms with Crippen LogP contribution >= 0.6 is 0 Å². The van der Waals surface area contributed by atoms with Gasteiger partial charge in [-0.15, -0.1) is 6.58 Å². The van der Waals surface area contributed by atoms with Crippen LogP contribution in [0.15, 0.2) is 120 Å². The number of carbonyl (C=O) groups excluding carboxylic acids is 1. The fourth-order valence-corrected chi connectivity index (χ4v) is 10.4. The molecule has 1 saturated carbocycles. The van der Waals surface area contributed by atoms with E-state index in [1.807, 2.05) is 67.6 Å². The molecule has 1 saturated heterocycles. The molecule has 2 aliphatic heterocycles. The van der Waals surface area contributed by atoms with Crippen LogP contribution in [0.1, 0.15) is 94.6 Å². The Morgan fingerprint density at radius 2 is 1.69 bits per heavy atom. The number of allylic oxidation sites excluding steroid dienone is 1. The molecule has 7 atom stereocenters. The van der Waals surface area contributed by atoms with E-state index >= 15 is 0 Å². The minimum atomic E-state index is -1.40. The number of amides is 1. The van der Waals surface area contributed by atoms with E-state index in [-0.39, 0.29) is 50.6 Å². The number of fused-ring (bicyclic) bond motifs is 3. The molecule has 0 radical (unpaired) electrons. The third-order valence-corrected chi connectivity index (χ3v) is 13.3. The van der Waals surface area contributed by atoms with Crippen molar-refractivity contribution in [1.82, 2.24) is 4.90 Å². The molecule has 4 aliphatic rings. The lowest BCUT2D eigenvalue weighted by atomic mass is 9.55. The SMILES string of the molecule is C=CCO[C@@]12Oc3ccc(Oc4ccc5ccccc5c4)cc3[C@H]3[C@H](CCCCO)[C@@H](CCCCO)C=C(C(=NOC4CCCCO4)C[C@@H]1N(CCC)C(=O)OCc1ccccc1)[C@H]32. The monoisotopic (exact) mass is 872 g/mol. The average molecular weight is 873 g/mol. The zero-order valence-electron chi connectivity index (χ0n) is 37.2. The van der Waals surface area contributed by atoms with Crippen molar-refractivity contribution in [2.75, 3.05) is 33.0 Å². The van der Waals surface area contributed by atoms with Gasteiger partial charge in [0.25, 0.3) is 0 Å². The summed E-state index contributed by atoms with van der Waals surface area (Å²) in [7, 11) is 0. The summed E-state index contributed by atoms with van der Waals surface area (Å²) in [5.41, 5.74) is 3.56. The van der Waals surface area contributed by atoms with Crippen molar-refractivity contribution in [3.05, 3.63) is 126 Å². The molecule has 4 aromatic carbocycles. The number of hydrogen-bond donors (Lipinski definition) is 2. The molecule has 0 aromatic heterocycles. The predicted molar refractivity (Wildman–Crippen MR) is 247 cm³/mol. The summed E-state index contributed by atoms with van der Waals surface area (Å²) in [5.74, 6) is 0.156. The Morgan fingerprint density at radius 3 is 2.45 bits per heavy atom. The molecular weight excluding hydrogens is 809 g/mol. The van der Waals surface area contributed by atoms with Gasteiger partial charge in [-0.25, -0.2) is 4.79 Å². The van der Waals surface area contributed by atoms with Gasteiger partial charge in [-0.05, 0) is 109 Å². The molecule has 0 spiro atoms. The van der Waals surface area contributed by atoms with Gasteiger partial charge in [0.15, 0.2) is 0 Å². The van der Waals surface area contributed by atoms with Crippen LogP contribution in [0.25, 0.3) is 10.8 Å². The molecule has 4 aromatic rings. The van der Waals surface area contributed by atoms with Gasteiger partial charge in [0.1, 0.15) is 29.9 Å². The third kappa shape index (κ3) is 10.0. The van der Waals surface area contributed by atoms with Crippen molar-refractivity contribution in [3.8, 4) is 17.2 Å². The van der Waals surface area contributed by atoms with E-state index < -0.39 is 30.1 Å². The second kappa shape index (κ2) is 21.7. The number of aliphatic hydroxyl groups excluding tert-OH is 2. The van der Waals surface area contributed by atoms with Crippen LogP contribution in [0.3, 0.4) is 0 Å². The van der Waals surface area contributed by atoms with Gasteiger partial charge >= 0.3 is 6.09 Å². The maximum Gasteiger partial charge on any atom is 0.410 e. The van der Waals surface area contributed by atoms with Crippen molar-refractivity contribution in [2.24, 2.45) is 22.9 Å². The first kappa shape index (κ1) is 45.4. The van der Waals surface area contributed by atoms with Crippen LogP contribution < -0.4 is 9.47 Å². The van der Waals surface area contributed by atoms with Crippen molar-refractivity contribution in [1.29, 1.82) is 0 Å². The highest BCUT2D eigenvalue weighted by Gasteiger charge is 2.65. The minimum absolute atomic E-state index is 0.0662. The lowest BCUT2D eigenvalue weighted by Crippen LogP contribution is -2.70. The fourth-order valence-electron chi connectivity index (χ4n) is 10.4. The first-order valence-corrected chi connectivity index (χ1v) is 23.5.